The predicted molar refractivity (Wildman–Crippen MR) is 114 cm³/mol. The molecule has 4 rings (SSSR count). The molecular formula is C24H26FN3O3. The van der Waals surface area contributed by atoms with Crippen LogP contribution in [0.2, 0.25) is 0 Å². The Bertz CT molecular complexity index is 958. The minimum Gasteiger partial charge on any atom is -0.339 e. The Morgan fingerprint density at radius 2 is 1.39 bits per heavy atom. The summed E-state index contributed by atoms with van der Waals surface area (Å²) in [5, 5.41) is 0. The van der Waals surface area contributed by atoms with E-state index in [0.29, 0.717) is 44.8 Å². The molecule has 1 atom stereocenters. The average molecular weight is 423 g/mol. The Morgan fingerprint density at radius 1 is 0.742 bits per heavy atom. The number of halogens is 1. The summed E-state index contributed by atoms with van der Waals surface area (Å²) in [7, 11) is 0. The van der Waals surface area contributed by atoms with Crippen LogP contribution >= 0.6 is 0 Å². The fourth-order valence-electron chi connectivity index (χ4n) is 4.32. The number of piperazine rings is 1. The molecule has 2 heterocycles. The fraction of sp³-hybridized carbons (Fsp3) is 0.375. The quantitative estimate of drug-likeness (QED) is 0.763. The van der Waals surface area contributed by atoms with E-state index < -0.39 is 5.82 Å². The van der Waals surface area contributed by atoms with Gasteiger partial charge in [-0.15, -0.1) is 0 Å². The minimum absolute atomic E-state index is 0.0311. The minimum atomic E-state index is -0.531. The van der Waals surface area contributed by atoms with Crippen LogP contribution in [0.5, 0.6) is 0 Å². The molecule has 31 heavy (non-hydrogen) atoms. The van der Waals surface area contributed by atoms with Crippen LogP contribution in [0, 0.1) is 11.7 Å². The van der Waals surface area contributed by atoms with Crippen LogP contribution in [-0.2, 0) is 4.79 Å². The third-order valence-electron chi connectivity index (χ3n) is 6.06. The number of carbonyl (C=O) groups excluding carboxylic acids is 3. The molecule has 2 saturated heterocycles. The van der Waals surface area contributed by atoms with Crippen LogP contribution in [0.4, 0.5) is 4.39 Å². The predicted octanol–water partition coefficient (Wildman–Crippen LogP) is 2.66. The van der Waals surface area contributed by atoms with E-state index in [1.165, 1.54) is 12.1 Å². The van der Waals surface area contributed by atoms with Crippen LogP contribution in [0.1, 0.15) is 33.6 Å². The van der Waals surface area contributed by atoms with E-state index in [0.717, 1.165) is 12.8 Å². The molecule has 0 spiro atoms. The Hall–Kier alpha value is -3.22. The maximum Gasteiger partial charge on any atom is 0.256 e. The van der Waals surface area contributed by atoms with Gasteiger partial charge in [0.2, 0.25) is 5.91 Å². The summed E-state index contributed by atoms with van der Waals surface area (Å²) in [5.74, 6) is -1.11. The number of nitrogens with zero attached hydrogens (tertiary/aromatic N) is 3. The first kappa shape index (κ1) is 21.0. The summed E-state index contributed by atoms with van der Waals surface area (Å²) in [6, 6.07) is 15.1. The van der Waals surface area contributed by atoms with Crippen molar-refractivity contribution in [1.29, 1.82) is 0 Å². The number of likely N-dealkylation sites (tertiary alicyclic amines) is 1. The van der Waals surface area contributed by atoms with Gasteiger partial charge in [0.25, 0.3) is 11.8 Å². The molecule has 2 aliphatic rings. The first-order chi connectivity index (χ1) is 15.0. The highest BCUT2D eigenvalue weighted by molar-refractivity contribution is 5.95. The maximum absolute atomic E-state index is 13.9. The smallest absolute Gasteiger partial charge is 0.256 e. The summed E-state index contributed by atoms with van der Waals surface area (Å²) in [5.41, 5.74) is 0.695. The van der Waals surface area contributed by atoms with Gasteiger partial charge in [-0.2, -0.15) is 0 Å². The molecule has 0 aliphatic carbocycles. The summed E-state index contributed by atoms with van der Waals surface area (Å²) < 4.78 is 13.9. The van der Waals surface area contributed by atoms with Gasteiger partial charge in [0.05, 0.1) is 11.5 Å². The van der Waals surface area contributed by atoms with E-state index in [1.54, 1.807) is 39.0 Å². The summed E-state index contributed by atoms with van der Waals surface area (Å²) in [6.45, 7) is 2.66. The summed E-state index contributed by atoms with van der Waals surface area (Å²) in [4.78, 5) is 43.5. The van der Waals surface area contributed by atoms with Gasteiger partial charge in [-0.1, -0.05) is 30.3 Å². The van der Waals surface area contributed by atoms with Crippen LogP contribution in [0.15, 0.2) is 54.6 Å². The second kappa shape index (κ2) is 9.29. The number of hydrogen-bond donors (Lipinski definition) is 0. The van der Waals surface area contributed by atoms with Crippen molar-refractivity contribution in [3.8, 4) is 0 Å². The molecule has 6 nitrogen and oxygen atoms in total. The molecule has 2 aliphatic heterocycles. The normalized spacial score (nSPS) is 19.3. The van der Waals surface area contributed by atoms with Gasteiger partial charge >= 0.3 is 0 Å². The number of amides is 3. The number of rotatable bonds is 3. The Balaban J connectivity index is 1.33. The van der Waals surface area contributed by atoms with E-state index in [1.807, 2.05) is 18.2 Å². The van der Waals surface area contributed by atoms with Crippen molar-refractivity contribution in [2.45, 2.75) is 12.8 Å². The number of carbonyl (C=O) groups is 3. The number of benzene rings is 2. The van der Waals surface area contributed by atoms with E-state index in [4.69, 9.17) is 0 Å². The number of hydrogen-bond acceptors (Lipinski definition) is 3. The van der Waals surface area contributed by atoms with E-state index >= 15 is 0 Å². The van der Waals surface area contributed by atoms with Crippen LogP contribution in [0.3, 0.4) is 0 Å². The molecule has 2 fully saturated rings. The van der Waals surface area contributed by atoms with Crippen molar-refractivity contribution < 1.29 is 18.8 Å². The van der Waals surface area contributed by atoms with Gasteiger partial charge in [-0.3, -0.25) is 14.4 Å². The Kier molecular flexibility index (Phi) is 6.30. The third-order valence-corrected chi connectivity index (χ3v) is 6.06. The zero-order valence-corrected chi connectivity index (χ0v) is 17.4. The standard InChI is InChI=1S/C24H26FN3O3/c25-21-11-5-4-10-20(21)24(31)27-15-13-26(14-16-27)23(30)19-9-6-12-28(17-19)22(29)18-7-2-1-3-8-18/h1-5,7-8,10-11,19H,6,9,12-17H2. The molecule has 1 unspecified atom stereocenters. The van der Waals surface area contributed by atoms with E-state index in [-0.39, 0.29) is 29.2 Å². The second-order valence-electron chi connectivity index (χ2n) is 8.05. The highest BCUT2D eigenvalue weighted by atomic mass is 19.1. The van der Waals surface area contributed by atoms with Gasteiger partial charge in [-0.25, -0.2) is 4.39 Å². The van der Waals surface area contributed by atoms with Crippen molar-refractivity contribution in [2.75, 3.05) is 39.3 Å². The zero-order valence-electron chi connectivity index (χ0n) is 17.4. The second-order valence-corrected chi connectivity index (χ2v) is 8.05. The summed E-state index contributed by atoms with van der Waals surface area (Å²) in [6.07, 6.45) is 1.55. The highest BCUT2D eigenvalue weighted by Crippen LogP contribution is 2.22. The lowest BCUT2D eigenvalue weighted by Gasteiger charge is -2.39. The van der Waals surface area contributed by atoms with Crippen molar-refractivity contribution >= 4 is 17.7 Å². The van der Waals surface area contributed by atoms with E-state index in [9.17, 15) is 18.8 Å². The third kappa shape index (κ3) is 4.60. The SMILES string of the molecule is O=C(c1ccccc1)N1CCCC(C(=O)N2CCN(C(=O)c3ccccc3F)CC2)C1. The molecule has 0 bridgehead atoms. The Morgan fingerprint density at radius 3 is 2.10 bits per heavy atom. The fourth-order valence-corrected chi connectivity index (χ4v) is 4.32. The van der Waals surface area contributed by atoms with Gasteiger partial charge < -0.3 is 14.7 Å². The van der Waals surface area contributed by atoms with Crippen molar-refractivity contribution in [2.24, 2.45) is 5.92 Å². The average Bonchev–Trinajstić information content (AvgIpc) is 2.84. The van der Waals surface area contributed by atoms with Crippen LogP contribution < -0.4 is 0 Å². The molecule has 2 aromatic carbocycles. The first-order valence-corrected chi connectivity index (χ1v) is 10.7. The van der Waals surface area contributed by atoms with Gasteiger partial charge in [-0.05, 0) is 37.1 Å². The number of piperidine rings is 1. The maximum atomic E-state index is 13.9. The zero-order chi connectivity index (χ0) is 21.8. The monoisotopic (exact) mass is 423 g/mol. The lowest BCUT2D eigenvalue weighted by Crippen LogP contribution is -2.54. The molecule has 2 aromatic rings. The van der Waals surface area contributed by atoms with Gasteiger partial charge in [0.1, 0.15) is 5.82 Å². The van der Waals surface area contributed by atoms with Crippen LogP contribution in [0.25, 0.3) is 0 Å². The molecule has 3 amide bonds. The van der Waals surface area contributed by atoms with Crippen molar-refractivity contribution in [3.05, 3.63) is 71.5 Å². The molecule has 0 aromatic heterocycles. The molecule has 0 radical (unpaired) electrons. The van der Waals surface area contributed by atoms with Crippen molar-refractivity contribution in [3.63, 3.8) is 0 Å². The first-order valence-electron chi connectivity index (χ1n) is 10.7. The van der Waals surface area contributed by atoms with Crippen LogP contribution in [-0.4, -0.2) is 71.7 Å². The molecule has 0 saturated carbocycles. The summed E-state index contributed by atoms with van der Waals surface area (Å²) >= 11 is 0. The van der Waals surface area contributed by atoms with Crippen molar-refractivity contribution in [1.82, 2.24) is 14.7 Å². The lowest BCUT2D eigenvalue weighted by atomic mass is 9.95. The van der Waals surface area contributed by atoms with Gasteiger partial charge in [0, 0.05) is 44.8 Å². The molecule has 0 N–H and O–H groups in total. The topological polar surface area (TPSA) is 60.9 Å². The highest BCUT2D eigenvalue weighted by Gasteiger charge is 2.33. The molecular weight excluding hydrogens is 397 g/mol. The largest absolute Gasteiger partial charge is 0.339 e. The van der Waals surface area contributed by atoms with Gasteiger partial charge in [0.15, 0.2) is 0 Å². The lowest BCUT2D eigenvalue weighted by molar-refractivity contribution is -0.138. The molecule has 162 valence electrons. The molecule has 7 heteroatoms. The van der Waals surface area contributed by atoms with E-state index in [2.05, 4.69) is 0 Å². The Labute approximate surface area is 181 Å².